The minimum Gasteiger partial charge on any atom is -0.314 e. The van der Waals surface area contributed by atoms with Crippen molar-refractivity contribution in [2.75, 3.05) is 6.54 Å². The van der Waals surface area contributed by atoms with Gasteiger partial charge < -0.3 is 5.32 Å². The van der Waals surface area contributed by atoms with Crippen LogP contribution in [0.3, 0.4) is 0 Å². The summed E-state index contributed by atoms with van der Waals surface area (Å²) in [7, 11) is 0. The van der Waals surface area contributed by atoms with Gasteiger partial charge in [0.2, 0.25) is 0 Å². The molecule has 3 rings (SSSR count). The molecule has 19 heavy (non-hydrogen) atoms. The molecule has 0 bridgehead atoms. The van der Waals surface area contributed by atoms with Gasteiger partial charge in [-0.15, -0.1) is 0 Å². The Kier molecular flexibility index (Phi) is 4.03. The molecule has 1 fully saturated rings. The number of benzene rings is 1. The molecule has 0 amide bonds. The Morgan fingerprint density at radius 2 is 2.11 bits per heavy atom. The summed E-state index contributed by atoms with van der Waals surface area (Å²) in [6.45, 7) is 3.49. The minimum atomic E-state index is 0.708. The van der Waals surface area contributed by atoms with E-state index in [-0.39, 0.29) is 0 Å². The standard InChI is InChI=1S/C18H25N/c1-14(12-18-7-2-3-10-19-18)11-15-8-9-16-5-4-6-17(16)13-15/h8-9,11,13,18-19H,2-7,10,12H2,1H3/b14-11-. The van der Waals surface area contributed by atoms with Gasteiger partial charge in [0.25, 0.3) is 0 Å². The van der Waals surface area contributed by atoms with E-state index in [1.54, 1.807) is 11.1 Å². The van der Waals surface area contributed by atoms with E-state index < -0.39 is 0 Å². The molecule has 2 aliphatic rings. The molecule has 1 aliphatic carbocycles. The second-order valence-corrected chi connectivity index (χ2v) is 6.22. The summed E-state index contributed by atoms with van der Waals surface area (Å²) in [5.74, 6) is 0. The molecule has 0 saturated carbocycles. The van der Waals surface area contributed by atoms with Crippen LogP contribution < -0.4 is 5.32 Å². The van der Waals surface area contributed by atoms with Gasteiger partial charge in [-0.1, -0.05) is 36.3 Å². The predicted octanol–water partition coefficient (Wildman–Crippen LogP) is 4.11. The van der Waals surface area contributed by atoms with Gasteiger partial charge in [0, 0.05) is 6.04 Å². The number of hydrogen-bond donors (Lipinski definition) is 1. The molecule has 1 aromatic rings. The molecule has 1 heteroatoms. The van der Waals surface area contributed by atoms with Crippen molar-refractivity contribution in [3.63, 3.8) is 0 Å². The molecule has 1 unspecified atom stereocenters. The van der Waals surface area contributed by atoms with Crippen molar-refractivity contribution in [1.29, 1.82) is 0 Å². The first kappa shape index (κ1) is 12.9. The average Bonchev–Trinajstić information content (AvgIpc) is 2.87. The zero-order chi connectivity index (χ0) is 13.1. The summed E-state index contributed by atoms with van der Waals surface area (Å²) in [6, 6.07) is 7.74. The van der Waals surface area contributed by atoms with Gasteiger partial charge in [-0.2, -0.15) is 0 Å². The van der Waals surface area contributed by atoms with Gasteiger partial charge in [-0.05, 0) is 68.7 Å². The second-order valence-electron chi connectivity index (χ2n) is 6.22. The van der Waals surface area contributed by atoms with Crippen LogP contribution in [0.15, 0.2) is 23.8 Å². The van der Waals surface area contributed by atoms with Gasteiger partial charge in [0.05, 0.1) is 0 Å². The molecule has 1 N–H and O–H groups in total. The number of hydrogen-bond acceptors (Lipinski definition) is 1. The van der Waals surface area contributed by atoms with E-state index in [9.17, 15) is 0 Å². The number of rotatable bonds is 3. The van der Waals surface area contributed by atoms with Crippen molar-refractivity contribution in [2.45, 2.75) is 57.9 Å². The van der Waals surface area contributed by atoms with Gasteiger partial charge in [-0.25, -0.2) is 0 Å². The first-order valence-electron chi connectivity index (χ1n) is 7.83. The van der Waals surface area contributed by atoms with Crippen LogP contribution in [-0.2, 0) is 12.8 Å². The highest BCUT2D eigenvalue weighted by atomic mass is 14.9. The lowest BCUT2D eigenvalue weighted by molar-refractivity contribution is 0.399. The predicted molar refractivity (Wildman–Crippen MR) is 82.4 cm³/mol. The lowest BCUT2D eigenvalue weighted by Crippen LogP contribution is -2.33. The van der Waals surface area contributed by atoms with Crippen LogP contribution in [-0.4, -0.2) is 12.6 Å². The molecule has 0 spiro atoms. The maximum atomic E-state index is 3.64. The molecule has 1 aromatic carbocycles. The maximum absolute atomic E-state index is 3.64. The first-order valence-corrected chi connectivity index (χ1v) is 7.83. The average molecular weight is 255 g/mol. The van der Waals surface area contributed by atoms with E-state index in [2.05, 4.69) is 36.5 Å². The van der Waals surface area contributed by atoms with Crippen LogP contribution in [0, 0.1) is 0 Å². The summed E-state index contributed by atoms with van der Waals surface area (Å²) in [5, 5.41) is 3.64. The van der Waals surface area contributed by atoms with Crippen LogP contribution in [0.5, 0.6) is 0 Å². The highest BCUT2D eigenvalue weighted by molar-refractivity contribution is 5.55. The van der Waals surface area contributed by atoms with Gasteiger partial charge in [0.1, 0.15) is 0 Å². The molecule has 1 atom stereocenters. The monoisotopic (exact) mass is 255 g/mol. The highest BCUT2D eigenvalue weighted by Gasteiger charge is 2.13. The van der Waals surface area contributed by atoms with Gasteiger partial charge >= 0.3 is 0 Å². The third-order valence-electron chi connectivity index (χ3n) is 4.52. The van der Waals surface area contributed by atoms with Crippen molar-refractivity contribution in [2.24, 2.45) is 0 Å². The number of nitrogens with one attached hydrogen (secondary N) is 1. The molecular weight excluding hydrogens is 230 g/mol. The Bertz CT molecular complexity index is 467. The Morgan fingerprint density at radius 3 is 2.95 bits per heavy atom. The van der Waals surface area contributed by atoms with Crippen LogP contribution in [0.1, 0.15) is 55.7 Å². The topological polar surface area (TPSA) is 12.0 Å². The molecule has 1 heterocycles. The minimum absolute atomic E-state index is 0.708. The summed E-state index contributed by atoms with van der Waals surface area (Å²) in [6.07, 6.45) is 11.6. The molecular formula is C18H25N. The Hall–Kier alpha value is -1.08. The molecule has 102 valence electrons. The van der Waals surface area contributed by atoms with Crippen LogP contribution in [0.25, 0.3) is 6.08 Å². The molecule has 1 saturated heterocycles. The number of aryl methyl sites for hydroxylation is 2. The fraction of sp³-hybridized carbons (Fsp3) is 0.556. The fourth-order valence-electron chi connectivity index (χ4n) is 3.51. The van der Waals surface area contributed by atoms with Crippen molar-refractivity contribution < 1.29 is 0 Å². The third kappa shape index (κ3) is 3.27. The second kappa shape index (κ2) is 5.92. The number of piperidine rings is 1. The Labute approximate surface area is 117 Å². The van der Waals surface area contributed by atoms with Gasteiger partial charge in [-0.3, -0.25) is 0 Å². The lowest BCUT2D eigenvalue weighted by atomic mass is 9.97. The normalized spacial score (nSPS) is 23.4. The summed E-state index contributed by atoms with van der Waals surface area (Å²) in [4.78, 5) is 0. The Balaban J connectivity index is 1.66. The maximum Gasteiger partial charge on any atom is 0.0104 e. The third-order valence-corrected chi connectivity index (χ3v) is 4.52. The zero-order valence-corrected chi connectivity index (χ0v) is 12.0. The highest BCUT2D eigenvalue weighted by Crippen LogP contribution is 2.24. The smallest absolute Gasteiger partial charge is 0.0104 e. The fourth-order valence-corrected chi connectivity index (χ4v) is 3.51. The van der Waals surface area contributed by atoms with Gasteiger partial charge in [0.15, 0.2) is 0 Å². The Morgan fingerprint density at radius 1 is 1.21 bits per heavy atom. The van der Waals surface area contributed by atoms with Crippen LogP contribution >= 0.6 is 0 Å². The van der Waals surface area contributed by atoms with Crippen LogP contribution in [0.2, 0.25) is 0 Å². The molecule has 1 aliphatic heterocycles. The summed E-state index contributed by atoms with van der Waals surface area (Å²) in [5.41, 5.74) is 6.06. The van der Waals surface area contributed by atoms with Crippen molar-refractivity contribution in [3.05, 3.63) is 40.5 Å². The molecule has 0 radical (unpaired) electrons. The number of fused-ring (bicyclic) bond motifs is 1. The van der Waals surface area contributed by atoms with Crippen molar-refractivity contribution in [3.8, 4) is 0 Å². The van der Waals surface area contributed by atoms with Crippen molar-refractivity contribution >= 4 is 6.08 Å². The first-order chi connectivity index (χ1) is 9.31. The molecule has 1 nitrogen and oxygen atoms in total. The summed E-state index contributed by atoms with van der Waals surface area (Å²) < 4.78 is 0. The molecule has 0 aromatic heterocycles. The van der Waals surface area contributed by atoms with E-state index in [1.807, 2.05) is 0 Å². The largest absolute Gasteiger partial charge is 0.314 e. The van der Waals surface area contributed by atoms with E-state index in [1.165, 1.54) is 62.6 Å². The van der Waals surface area contributed by atoms with E-state index >= 15 is 0 Å². The van der Waals surface area contributed by atoms with Crippen molar-refractivity contribution in [1.82, 2.24) is 5.32 Å². The van der Waals surface area contributed by atoms with E-state index in [4.69, 9.17) is 0 Å². The van der Waals surface area contributed by atoms with Crippen LogP contribution in [0.4, 0.5) is 0 Å². The lowest BCUT2D eigenvalue weighted by Gasteiger charge is -2.23. The quantitative estimate of drug-likeness (QED) is 0.857. The van der Waals surface area contributed by atoms with E-state index in [0.717, 1.165) is 0 Å². The summed E-state index contributed by atoms with van der Waals surface area (Å²) >= 11 is 0. The SMILES string of the molecule is C/C(=C/c1ccc2c(c1)CCC2)CC1CCCCN1. The zero-order valence-electron chi connectivity index (χ0n) is 12.0. The van der Waals surface area contributed by atoms with E-state index in [0.29, 0.717) is 6.04 Å².